The lowest BCUT2D eigenvalue weighted by Crippen LogP contribution is -2.16. The van der Waals surface area contributed by atoms with Gasteiger partial charge in [0.25, 0.3) is 10.0 Å². The van der Waals surface area contributed by atoms with Gasteiger partial charge in [0.15, 0.2) is 5.03 Å². The van der Waals surface area contributed by atoms with Crippen molar-refractivity contribution >= 4 is 43.2 Å². The summed E-state index contributed by atoms with van der Waals surface area (Å²) in [6.07, 6.45) is 1.37. The van der Waals surface area contributed by atoms with Gasteiger partial charge < -0.3 is 5.73 Å². The smallest absolute Gasteiger partial charge is 0.279 e. The standard InChI is InChI=1S/C10H10BrClN4O2S/c11-7-1-2-8(12)9(3-7)16-19(17,18)10-6(4-13)5-14-15-10/h1-3,5,16H,4,13H2,(H,14,15). The first-order valence-corrected chi connectivity index (χ1v) is 7.79. The summed E-state index contributed by atoms with van der Waals surface area (Å²) in [6.45, 7) is 0.0684. The first-order valence-electron chi connectivity index (χ1n) is 5.14. The van der Waals surface area contributed by atoms with E-state index in [0.29, 0.717) is 15.1 Å². The average Bonchev–Trinajstić information content (AvgIpc) is 2.82. The molecule has 0 aliphatic carbocycles. The fourth-order valence-corrected chi connectivity index (χ4v) is 3.25. The maximum absolute atomic E-state index is 12.2. The third kappa shape index (κ3) is 3.08. The summed E-state index contributed by atoms with van der Waals surface area (Å²) in [6, 6.07) is 4.86. The lowest BCUT2D eigenvalue weighted by molar-refractivity contribution is 0.596. The molecule has 0 atom stereocenters. The van der Waals surface area contributed by atoms with Gasteiger partial charge in [-0.3, -0.25) is 9.82 Å². The topological polar surface area (TPSA) is 101 Å². The molecule has 0 saturated heterocycles. The van der Waals surface area contributed by atoms with Crippen molar-refractivity contribution in [2.75, 3.05) is 4.72 Å². The molecule has 0 saturated carbocycles. The van der Waals surface area contributed by atoms with Crippen LogP contribution in [0.1, 0.15) is 5.56 Å². The molecule has 0 aliphatic rings. The number of H-pyrrole nitrogens is 1. The van der Waals surface area contributed by atoms with E-state index in [-0.39, 0.29) is 17.3 Å². The Labute approximate surface area is 123 Å². The van der Waals surface area contributed by atoms with Gasteiger partial charge in [-0.05, 0) is 18.2 Å². The summed E-state index contributed by atoms with van der Waals surface area (Å²) in [5.41, 5.74) is 6.13. The summed E-state index contributed by atoms with van der Waals surface area (Å²) in [4.78, 5) is 0. The number of hydrogen-bond acceptors (Lipinski definition) is 4. The molecule has 0 amide bonds. The van der Waals surface area contributed by atoms with E-state index in [1.807, 2.05) is 0 Å². The number of anilines is 1. The van der Waals surface area contributed by atoms with Gasteiger partial charge in [0.1, 0.15) is 0 Å². The molecule has 1 aromatic heterocycles. The van der Waals surface area contributed by atoms with Crippen LogP contribution in [0.2, 0.25) is 5.02 Å². The van der Waals surface area contributed by atoms with Crippen molar-refractivity contribution < 1.29 is 8.42 Å². The number of sulfonamides is 1. The summed E-state index contributed by atoms with van der Waals surface area (Å²) in [7, 11) is -3.81. The average molecular weight is 366 g/mol. The molecule has 2 aromatic rings. The number of halogens is 2. The number of aromatic nitrogens is 2. The maximum Gasteiger partial charge on any atom is 0.279 e. The van der Waals surface area contributed by atoms with Gasteiger partial charge in [-0.2, -0.15) is 13.5 Å². The van der Waals surface area contributed by atoms with E-state index < -0.39 is 10.0 Å². The summed E-state index contributed by atoms with van der Waals surface area (Å²) in [5, 5.41) is 6.32. The molecule has 0 radical (unpaired) electrons. The van der Waals surface area contributed by atoms with Crippen molar-refractivity contribution in [2.24, 2.45) is 5.73 Å². The second kappa shape index (κ2) is 5.49. The zero-order valence-electron chi connectivity index (χ0n) is 9.52. The molecule has 0 bridgehead atoms. The van der Waals surface area contributed by atoms with Crippen molar-refractivity contribution in [3.05, 3.63) is 39.5 Å². The van der Waals surface area contributed by atoms with Crippen LogP contribution < -0.4 is 10.5 Å². The minimum absolute atomic E-state index is 0.0638. The molecule has 1 heterocycles. The highest BCUT2D eigenvalue weighted by Gasteiger charge is 2.21. The Morgan fingerprint density at radius 1 is 1.47 bits per heavy atom. The van der Waals surface area contributed by atoms with E-state index in [2.05, 4.69) is 30.8 Å². The fourth-order valence-electron chi connectivity index (χ4n) is 1.45. The molecule has 0 aliphatic heterocycles. The van der Waals surface area contributed by atoms with E-state index >= 15 is 0 Å². The Hall–Kier alpha value is -1.09. The van der Waals surface area contributed by atoms with E-state index in [9.17, 15) is 8.42 Å². The highest BCUT2D eigenvalue weighted by Crippen LogP contribution is 2.28. The number of hydrogen-bond donors (Lipinski definition) is 3. The number of benzene rings is 1. The normalized spacial score (nSPS) is 11.5. The van der Waals surface area contributed by atoms with Crippen LogP contribution in [0.5, 0.6) is 0 Å². The lowest BCUT2D eigenvalue weighted by atomic mass is 10.3. The Bertz CT molecular complexity index is 701. The van der Waals surface area contributed by atoms with Gasteiger partial charge in [0.2, 0.25) is 0 Å². The van der Waals surface area contributed by atoms with Crippen LogP contribution in [-0.4, -0.2) is 18.6 Å². The molecular weight excluding hydrogens is 356 g/mol. The predicted molar refractivity (Wildman–Crippen MR) is 76.4 cm³/mol. The van der Waals surface area contributed by atoms with E-state index in [1.54, 1.807) is 18.2 Å². The van der Waals surface area contributed by atoms with Gasteiger partial charge in [-0.25, -0.2) is 0 Å². The van der Waals surface area contributed by atoms with Crippen LogP contribution in [0.3, 0.4) is 0 Å². The van der Waals surface area contributed by atoms with Gasteiger partial charge >= 0.3 is 0 Å². The third-order valence-corrected chi connectivity index (χ3v) is 4.54. The molecule has 2 rings (SSSR count). The third-order valence-electron chi connectivity index (χ3n) is 2.34. The predicted octanol–water partition coefficient (Wildman–Crippen LogP) is 2.09. The van der Waals surface area contributed by atoms with Crippen LogP contribution >= 0.6 is 27.5 Å². The van der Waals surface area contributed by atoms with Crippen molar-refractivity contribution in [3.8, 4) is 0 Å². The molecule has 4 N–H and O–H groups in total. The second-order valence-corrected chi connectivity index (χ2v) is 6.60. The molecule has 0 fully saturated rings. The quantitative estimate of drug-likeness (QED) is 0.772. The van der Waals surface area contributed by atoms with Gasteiger partial charge in [-0.1, -0.05) is 27.5 Å². The van der Waals surface area contributed by atoms with Crippen molar-refractivity contribution in [1.29, 1.82) is 0 Å². The van der Waals surface area contributed by atoms with Gasteiger partial charge in [-0.15, -0.1) is 0 Å². The minimum atomic E-state index is -3.81. The number of nitrogens with zero attached hydrogens (tertiary/aromatic N) is 1. The molecule has 6 nitrogen and oxygen atoms in total. The Kier molecular flexibility index (Phi) is 4.14. The number of nitrogens with one attached hydrogen (secondary N) is 2. The Morgan fingerprint density at radius 3 is 2.89 bits per heavy atom. The van der Waals surface area contributed by atoms with Crippen molar-refractivity contribution in [1.82, 2.24) is 10.2 Å². The van der Waals surface area contributed by atoms with Crippen LogP contribution in [0.15, 0.2) is 33.9 Å². The van der Waals surface area contributed by atoms with E-state index in [4.69, 9.17) is 17.3 Å². The Morgan fingerprint density at radius 2 is 2.21 bits per heavy atom. The summed E-state index contributed by atoms with van der Waals surface area (Å²) in [5.74, 6) is 0. The molecular formula is C10H10BrClN4O2S. The largest absolute Gasteiger partial charge is 0.326 e. The first-order chi connectivity index (χ1) is 8.94. The van der Waals surface area contributed by atoms with Crippen molar-refractivity contribution in [2.45, 2.75) is 11.6 Å². The van der Waals surface area contributed by atoms with E-state index in [1.165, 1.54) is 6.20 Å². The minimum Gasteiger partial charge on any atom is -0.326 e. The maximum atomic E-state index is 12.2. The molecule has 9 heteroatoms. The van der Waals surface area contributed by atoms with Gasteiger partial charge in [0.05, 0.1) is 16.9 Å². The van der Waals surface area contributed by atoms with Crippen LogP contribution in [0.25, 0.3) is 0 Å². The molecule has 102 valence electrons. The molecule has 19 heavy (non-hydrogen) atoms. The van der Waals surface area contributed by atoms with Crippen molar-refractivity contribution in [3.63, 3.8) is 0 Å². The first kappa shape index (κ1) is 14.3. The SMILES string of the molecule is NCc1cn[nH]c1S(=O)(=O)Nc1cc(Br)ccc1Cl. The highest BCUT2D eigenvalue weighted by atomic mass is 79.9. The van der Waals surface area contributed by atoms with Gasteiger partial charge in [0, 0.05) is 16.6 Å². The zero-order valence-corrected chi connectivity index (χ0v) is 12.7. The van der Waals surface area contributed by atoms with Crippen LogP contribution in [-0.2, 0) is 16.6 Å². The van der Waals surface area contributed by atoms with E-state index in [0.717, 1.165) is 0 Å². The van der Waals surface area contributed by atoms with Crippen LogP contribution in [0.4, 0.5) is 5.69 Å². The molecule has 0 spiro atoms. The van der Waals surface area contributed by atoms with Crippen LogP contribution in [0, 0.1) is 0 Å². The number of aromatic amines is 1. The fraction of sp³-hybridized carbons (Fsp3) is 0.100. The molecule has 0 unspecified atom stereocenters. The number of rotatable bonds is 4. The lowest BCUT2D eigenvalue weighted by Gasteiger charge is -2.09. The summed E-state index contributed by atoms with van der Waals surface area (Å²) >= 11 is 9.19. The number of nitrogens with two attached hydrogens (primary N) is 1. The monoisotopic (exact) mass is 364 g/mol. The highest BCUT2D eigenvalue weighted by molar-refractivity contribution is 9.10. The second-order valence-electron chi connectivity index (χ2n) is 3.66. The zero-order chi connectivity index (χ0) is 14.0. The molecule has 1 aromatic carbocycles. The Balaban J connectivity index is 2.39. The summed E-state index contributed by atoms with van der Waals surface area (Å²) < 4.78 is 27.5.